The molecule has 0 aromatic heterocycles. The van der Waals surface area contributed by atoms with Crippen molar-refractivity contribution in [1.29, 1.82) is 0 Å². The number of nitrogens with one attached hydrogen (secondary N) is 1. The molecule has 0 radical (unpaired) electrons. The summed E-state index contributed by atoms with van der Waals surface area (Å²) in [5, 5.41) is 3.16. The Labute approximate surface area is 152 Å². The molecule has 3 rings (SSSR count). The molecule has 2 aromatic carbocycles. The van der Waals surface area contributed by atoms with Crippen molar-refractivity contribution in [3.63, 3.8) is 0 Å². The Morgan fingerprint density at radius 2 is 1.96 bits per heavy atom. The fraction of sp³-hybridized carbons (Fsp3) is 0.278. The summed E-state index contributed by atoms with van der Waals surface area (Å²) in [5.41, 5.74) is 2.16. The van der Waals surface area contributed by atoms with Crippen LogP contribution in [0.4, 0.5) is 0 Å². The van der Waals surface area contributed by atoms with Crippen LogP contribution in [0.5, 0.6) is 0 Å². The molecule has 1 aliphatic heterocycles. The third-order valence-corrected chi connectivity index (χ3v) is 6.33. The number of carbonyl (C=O) groups is 1. The van der Waals surface area contributed by atoms with E-state index in [0.717, 1.165) is 5.56 Å². The van der Waals surface area contributed by atoms with Crippen LogP contribution in [0.25, 0.3) is 0 Å². The summed E-state index contributed by atoms with van der Waals surface area (Å²) in [7, 11) is -3.71. The molecule has 1 unspecified atom stereocenters. The van der Waals surface area contributed by atoms with Gasteiger partial charge in [0.25, 0.3) is 0 Å². The second kappa shape index (κ2) is 7.15. The van der Waals surface area contributed by atoms with E-state index in [1.807, 2.05) is 25.1 Å². The molecule has 1 aliphatic rings. The van der Waals surface area contributed by atoms with Crippen LogP contribution in [0, 0.1) is 6.92 Å². The lowest BCUT2D eigenvalue weighted by Gasteiger charge is -2.34. The third-order valence-electron chi connectivity index (χ3n) is 4.18. The van der Waals surface area contributed by atoms with Crippen molar-refractivity contribution in [3.05, 3.63) is 70.2 Å². The van der Waals surface area contributed by atoms with Crippen LogP contribution in [-0.4, -0.2) is 31.7 Å². The number of hydrogen-bond acceptors (Lipinski definition) is 3. The van der Waals surface area contributed by atoms with Gasteiger partial charge in [-0.15, -0.1) is 0 Å². The number of sulfonamides is 1. The van der Waals surface area contributed by atoms with Crippen molar-refractivity contribution in [2.75, 3.05) is 13.1 Å². The second-order valence-electron chi connectivity index (χ2n) is 6.07. The smallest absolute Gasteiger partial charge is 0.243 e. The first kappa shape index (κ1) is 17.9. The molecule has 2 aromatic rings. The van der Waals surface area contributed by atoms with Crippen LogP contribution in [0.15, 0.2) is 48.5 Å². The fourth-order valence-corrected chi connectivity index (χ4v) is 5.00. The first-order valence-corrected chi connectivity index (χ1v) is 9.94. The van der Waals surface area contributed by atoms with E-state index in [0.29, 0.717) is 22.7 Å². The summed E-state index contributed by atoms with van der Waals surface area (Å²) in [6.45, 7) is 2.44. The molecule has 1 fully saturated rings. The van der Waals surface area contributed by atoms with Crippen LogP contribution in [0.3, 0.4) is 0 Å². The zero-order valence-corrected chi connectivity index (χ0v) is 15.3. The van der Waals surface area contributed by atoms with E-state index in [1.54, 1.807) is 30.3 Å². The Hall–Kier alpha value is -1.89. The van der Waals surface area contributed by atoms with Gasteiger partial charge in [0.15, 0.2) is 0 Å². The lowest BCUT2D eigenvalue weighted by Crippen LogP contribution is -2.52. The summed E-state index contributed by atoms with van der Waals surface area (Å²) in [4.78, 5) is 12.4. The van der Waals surface area contributed by atoms with E-state index < -0.39 is 16.1 Å². The van der Waals surface area contributed by atoms with Crippen molar-refractivity contribution in [2.45, 2.75) is 18.7 Å². The highest BCUT2D eigenvalue weighted by Gasteiger charge is 2.38. The summed E-state index contributed by atoms with van der Waals surface area (Å²) < 4.78 is 27.3. The Morgan fingerprint density at radius 1 is 1.20 bits per heavy atom. The number of hydrogen-bond donors (Lipinski definition) is 1. The van der Waals surface area contributed by atoms with E-state index in [4.69, 9.17) is 11.6 Å². The molecule has 1 amide bonds. The number of nitrogens with zero attached hydrogens (tertiary/aromatic N) is 1. The molecule has 5 nitrogen and oxygen atoms in total. The van der Waals surface area contributed by atoms with Gasteiger partial charge in [0.05, 0.1) is 5.75 Å². The van der Waals surface area contributed by atoms with Gasteiger partial charge in [0, 0.05) is 18.1 Å². The zero-order valence-electron chi connectivity index (χ0n) is 13.8. The van der Waals surface area contributed by atoms with Gasteiger partial charge in [-0.05, 0) is 24.1 Å². The Kier molecular flexibility index (Phi) is 5.13. The molecular weight excluding hydrogens is 360 g/mol. The predicted octanol–water partition coefficient (Wildman–Crippen LogP) is 2.65. The zero-order chi connectivity index (χ0) is 18.0. The first-order valence-electron chi connectivity index (χ1n) is 7.96. The van der Waals surface area contributed by atoms with Crippen LogP contribution >= 0.6 is 11.6 Å². The van der Waals surface area contributed by atoms with Crippen LogP contribution in [-0.2, 0) is 20.6 Å². The van der Waals surface area contributed by atoms with E-state index in [2.05, 4.69) is 5.32 Å². The molecule has 1 heterocycles. The third kappa shape index (κ3) is 3.86. The molecule has 132 valence electrons. The van der Waals surface area contributed by atoms with Crippen molar-refractivity contribution >= 4 is 27.5 Å². The minimum absolute atomic E-state index is 0.233. The standard InChI is InChI=1S/C18H19ClN2O3S/c1-13-5-4-7-14(11-13)17-18(22)20-9-10-21(17)25(23,24)12-15-6-2-3-8-16(15)19/h2-8,11,17H,9-10,12H2,1H3,(H,20,22). The maximum Gasteiger partial charge on any atom is 0.243 e. The van der Waals surface area contributed by atoms with Gasteiger partial charge < -0.3 is 5.32 Å². The molecule has 1 N–H and O–H groups in total. The topological polar surface area (TPSA) is 66.5 Å². The van der Waals surface area contributed by atoms with Crippen molar-refractivity contribution in [1.82, 2.24) is 9.62 Å². The summed E-state index contributed by atoms with van der Waals surface area (Å²) in [6, 6.07) is 13.3. The number of carbonyl (C=O) groups excluding carboxylic acids is 1. The summed E-state index contributed by atoms with van der Waals surface area (Å²) in [5.74, 6) is -0.540. The highest BCUT2D eigenvalue weighted by atomic mass is 35.5. The number of halogens is 1. The number of benzene rings is 2. The maximum absolute atomic E-state index is 13.0. The van der Waals surface area contributed by atoms with Crippen LogP contribution in [0.2, 0.25) is 5.02 Å². The molecule has 0 spiro atoms. The van der Waals surface area contributed by atoms with Crippen LogP contribution in [0.1, 0.15) is 22.7 Å². The van der Waals surface area contributed by atoms with E-state index >= 15 is 0 Å². The number of piperazine rings is 1. The van der Waals surface area contributed by atoms with Gasteiger partial charge in [-0.2, -0.15) is 4.31 Å². The van der Waals surface area contributed by atoms with Gasteiger partial charge in [-0.25, -0.2) is 8.42 Å². The average molecular weight is 379 g/mol. The molecular formula is C18H19ClN2O3S. The highest BCUT2D eigenvalue weighted by molar-refractivity contribution is 7.88. The lowest BCUT2D eigenvalue weighted by atomic mass is 10.0. The average Bonchev–Trinajstić information content (AvgIpc) is 2.56. The van der Waals surface area contributed by atoms with Gasteiger partial charge in [0.1, 0.15) is 6.04 Å². The van der Waals surface area contributed by atoms with Gasteiger partial charge in [-0.3, -0.25) is 4.79 Å². The summed E-state index contributed by atoms with van der Waals surface area (Å²) in [6.07, 6.45) is 0. The van der Waals surface area contributed by atoms with Gasteiger partial charge in [-0.1, -0.05) is 59.6 Å². The second-order valence-corrected chi connectivity index (χ2v) is 8.39. The molecule has 0 bridgehead atoms. The van der Waals surface area contributed by atoms with E-state index in [-0.39, 0.29) is 18.2 Å². The van der Waals surface area contributed by atoms with Crippen LogP contribution < -0.4 is 5.32 Å². The number of amides is 1. The quantitative estimate of drug-likeness (QED) is 0.889. The molecule has 7 heteroatoms. The minimum atomic E-state index is -3.71. The largest absolute Gasteiger partial charge is 0.353 e. The highest BCUT2D eigenvalue weighted by Crippen LogP contribution is 2.29. The normalized spacial score (nSPS) is 18.8. The van der Waals surface area contributed by atoms with Crippen molar-refractivity contribution in [3.8, 4) is 0 Å². The van der Waals surface area contributed by atoms with E-state index in [1.165, 1.54) is 4.31 Å². The van der Waals surface area contributed by atoms with Gasteiger partial charge in [0.2, 0.25) is 15.9 Å². The Balaban J connectivity index is 1.97. The van der Waals surface area contributed by atoms with Crippen molar-refractivity contribution < 1.29 is 13.2 Å². The fourth-order valence-electron chi connectivity index (χ4n) is 3.00. The Bertz CT molecular complexity index is 899. The molecule has 0 aliphatic carbocycles. The lowest BCUT2D eigenvalue weighted by molar-refractivity contribution is -0.126. The molecule has 1 saturated heterocycles. The van der Waals surface area contributed by atoms with Gasteiger partial charge >= 0.3 is 0 Å². The summed E-state index contributed by atoms with van der Waals surface area (Å²) >= 11 is 6.11. The SMILES string of the molecule is Cc1cccc(C2C(=O)NCCN2S(=O)(=O)Cc2ccccc2Cl)c1. The number of aryl methyl sites for hydroxylation is 1. The minimum Gasteiger partial charge on any atom is -0.353 e. The number of rotatable bonds is 4. The monoisotopic (exact) mass is 378 g/mol. The molecule has 1 atom stereocenters. The predicted molar refractivity (Wildman–Crippen MR) is 97.7 cm³/mol. The maximum atomic E-state index is 13.0. The molecule has 25 heavy (non-hydrogen) atoms. The van der Waals surface area contributed by atoms with E-state index in [9.17, 15) is 13.2 Å². The first-order chi connectivity index (χ1) is 11.9. The Morgan fingerprint density at radius 3 is 2.68 bits per heavy atom. The molecule has 0 saturated carbocycles. The van der Waals surface area contributed by atoms with Crippen molar-refractivity contribution in [2.24, 2.45) is 0 Å².